The molecule has 0 bridgehead atoms. The van der Waals surface area contributed by atoms with Gasteiger partial charge in [0.15, 0.2) is 0 Å². The van der Waals surface area contributed by atoms with Crippen LogP contribution in [-0.4, -0.2) is 296 Å². The second kappa shape index (κ2) is 78.5. The van der Waals surface area contributed by atoms with Crippen molar-refractivity contribution < 1.29 is 105 Å². The Labute approximate surface area is 842 Å². The molecule has 0 aromatic heterocycles. The van der Waals surface area contributed by atoms with Gasteiger partial charge in [0.2, 0.25) is 17.6 Å². The predicted molar refractivity (Wildman–Crippen MR) is 556 cm³/mol. The largest absolute Gasteiger partial charge is 0.427 e. The number of nitrogens with one attached hydrogen (secondary N) is 4. The van der Waals surface area contributed by atoms with Crippen molar-refractivity contribution in [3.8, 4) is 6.26 Å². The number of nitrogens with two attached hydrogens (primary N) is 4. The molecule has 3 aliphatic rings. The Bertz CT molecular complexity index is 3390. The van der Waals surface area contributed by atoms with Gasteiger partial charge in [-0.05, 0) is 197 Å². The molecule has 36 heteroatoms. The van der Waals surface area contributed by atoms with E-state index in [-0.39, 0.29) is 144 Å². The Kier molecular flexibility index (Phi) is 75.2. The molecule has 0 radical (unpaired) electrons. The van der Waals surface area contributed by atoms with Crippen molar-refractivity contribution >= 4 is 93.4 Å². The fraction of sp³-hybridized carbons (Fsp3) is 0.901. The van der Waals surface area contributed by atoms with Crippen LogP contribution in [0, 0.1) is 67.7 Å². The van der Waals surface area contributed by atoms with Gasteiger partial charge in [0.05, 0.1) is 145 Å². The molecule has 17 atom stereocenters. The van der Waals surface area contributed by atoms with E-state index in [1.54, 1.807) is 49.7 Å². The first-order valence-electron chi connectivity index (χ1n) is 51.0. The summed E-state index contributed by atoms with van der Waals surface area (Å²) < 4.78 is 86.9. The predicted octanol–water partition coefficient (Wildman–Crippen LogP) is 14.8. The fourth-order valence-electron chi connectivity index (χ4n) is 17.7. The molecule has 0 aromatic carbocycles. The maximum atomic E-state index is 13.0. The summed E-state index contributed by atoms with van der Waals surface area (Å²) in [4.78, 5) is 113. The van der Waals surface area contributed by atoms with Crippen LogP contribution in [0.3, 0.4) is 0 Å². The van der Waals surface area contributed by atoms with Crippen molar-refractivity contribution in [2.24, 2.45) is 84.1 Å². The molecule has 0 aromatic rings. The lowest BCUT2D eigenvalue weighted by Crippen LogP contribution is -2.51. The Balaban J connectivity index is 0. The zero-order valence-electron chi connectivity index (χ0n) is 91.4. The molecular formula is C101H194N10O22P2S2. The van der Waals surface area contributed by atoms with Crippen molar-refractivity contribution in [2.75, 3.05) is 174 Å². The fourth-order valence-corrected chi connectivity index (χ4v) is 21.4. The van der Waals surface area contributed by atoms with Gasteiger partial charge in [0.25, 0.3) is 18.1 Å². The standard InChI is InChI=1S/C40H74N3O9PS.C25H51N3O8.C21H40O3.C12H18N2O2.C3H11N2PS/c1-10-34(44)13-18-53-28-54-19-14-35(45)12-15-40(9)22-33(21-39(7,8)27-40)43-38(48)42-31(5)25-51-26-32(6)52-17-16-50-24-30(4)41-37(47)36(46)20-29(3)23-49-11-2;1-18(12-33-16-22(5)35-9-7-31-13-19(2)26)11-24(29)25(30)28-21(4)15-32-8-10-36-23(6)17-34-14-20(3)27;1-16(2)24-9-8-23-14-17(3)10-19(22)11-18-12-20(4,5)15-21(6,7)13-18;1-11(2)4-10(14-9-15)5-12(3,6-11)7-16-8-13;4-1-6-3-7-2-5/h29-33,53H,10-28H2,1-9H3,(H,41,47)(H2,42,43,48);18-23H,7-17,26-27H2,1-6H3,(H,28,30);16-18H,8-15H2,1-7H3;10H,4-7H2,1-3H3;6H,1-5H2/i53D;;;;6D. The van der Waals surface area contributed by atoms with Gasteiger partial charge in [-0.15, -0.1) is 20.3 Å². The first-order valence-corrected chi connectivity index (χ1v) is 54.9. The normalized spacial score (nSPS) is 21.1. The molecule has 3 rings (SSSR count). The molecule has 3 aliphatic carbocycles. The smallest absolute Gasteiger partial charge is 0.315 e. The van der Waals surface area contributed by atoms with Gasteiger partial charge in [-0.2, -0.15) is 17.0 Å². The molecule has 0 aliphatic heterocycles. The van der Waals surface area contributed by atoms with Gasteiger partial charge < -0.3 is 106 Å². The van der Waals surface area contributed by atoms with Crippen LogP contribution in [0.5, 0.6) is 0 Å². The number of amides is 4. The number of carbonyl (C=O) groups is 8. The number of ketones is 5. The van der Waals surface area contributed by atoms with Crippen molar-refractivity contribution in [1.82, 2.24) is 21.3 Å². The number of hydrogen-bond acceptors (Lipinski definition) is 30. The number of hydrogen-bond donors (Lipinski definition) is 8. The van der Waals surface area contributed by atoms with Crippen LogP contribution in [0.15, 0.2) is 4.99 Å². The van der Waals surface area contributed by atoms with E-state index < -0.39 is 40.4 Å². The summed E-state index contributed by atoms with van der Waals surface area (Å²) in [6, 6.07) is -1.04. The number of nitrogens with zero attached hydrogens (tertiary/aromatic N) is 2. The van der Waals surface area contributed by atoms with E-state index in [1.807, 2.05) is 83.1 Å². The third-order valence-electron chi connectivity index (χ3n) is 22.4. The van der Waals surface area contributed by atoms with E-state index in [9.17, 15) is 43.2 Å². The minimum atomic E-state index is -0.914. The van der Waals surface area contributed by atoms with E-state index in [1.165, 1.54) is 19.3 Å². The minimum absolute atomic E-state index is 0.000446. The summed E-state index contributed by atoms with van der Waals surface area (Å²) in [7, 11) is -1.59. The third kappa shape index (κ3) is 79.2. The van der Waals surface area contributed by atoms with Gasteiger partial charge in [-0.3, -0.25) is 33.6 Å². The van der Waals surface area contributed by atoms with Crippen molar-refractivity contribution in [1.29, 1.82) is 7.82 Å². The number of isocyanates is 1. The molecule has 3 saturated carbocycles. The highest BCUT2D eigenvalue weighted by molar-refractivity contribution is 8.03. The summed E-state index contributed by atoms with van der Waals surface area (Å²) in [6.07, 6.45) is 17.8. The molecule has 17 unspecified atom stereocenters. The lowest BCUT2D eigenvalue weighted by atomic mass is 9.60. The lowest BCUT2D eigenvalue weighted by Gasteiger charge is -2.47. The Morgan fingerprint density at radius 3 is 1.42 bits per heavy atom. The van der Waals surface area contributed by atoms with Crippen LogP contribution in [0.2, 0.25) is 0 Å². The highest BCUT2D eigenvalue weighted by Crippen LogP contribution is 2.51. The van der Waals surface area contributed by atoms with E-state index >= 15 is 0 Å². The molecule has 3 fully saturated rings. The van der Waals surface area contributed by atoms with Crippen molar-refractivity contribution in [2.45, 2.75) is 355 Å². The first kappa shape index (κ1) is 131. The summed E-state index contributed by atoms with van der Waals surface area (Å²) in [5.41, 5.74) is 23.9. The van der Waals surface area contributed by atoms with E-state index in [4.69, 9.17) is 92.3 Å². The summed E-state index contributed by atoms with van der Waals surface area (Å²) in [5.74, 6) is 0.769. The number of Topliss-reactive ketones (excluding diaryl/α,β-unsaturated/α-hetero) is 5. The SMILES string of the molecule is CC(COCCOC(C)C)CC(=O)CC1CC(C)(C)CC(C)(C)C1.CC(N)COCCOC(C)COCC(C)CC(=O)C(=O)NC(C)COCCOC(C)COCC(C)N.CC1(C)CC(N=C=O)CC(C)(COC#N)C1.[2H]P(CCC(=O)CC)CSCCC(=O)CCC1(C)CC(NC(=O)NC(C)COCC(C)OCCOCC(C)NC(=O)C(=O)CC(C)COCC)CC(C)(C)C1.[2H]P(CN)CSCN. The molecule has 4 amide bonds. The number of nitriles is 1. The van der Waals surface area contributed by atoms with Crippen LogP contribution in [-0.2, 0) is 99.9 Å². The number of carbonyl (C=O) groups excluding carboxylic acids is 9. The molecule has 32 nitrogen and oxygen atoms in total. The van der Waals surface area contributed by atoms with Crippen molar-refractivity contribution in [3.63, 3.8) is 0 Å². The average molecular weight is 2030 g/mol. The quantitative estimate of drug-likeness (QED) is 0.00533. The van der Waals surface area contributed by atoms with Crippen LogP contribution >= 0.6 is 40.6 Å². The average Bonchev–Trinajstić information content (AvgIpc) is 0.800. The number of thioether (sulfide) groups is 2. The second-order valence-electron chi connectivity index (χ2n) is 42.4. The van der Waals surface area contributed by atoms with Gasteiger partial charge >= 0.3 is 6.03 Å². The number of rotatable bonds is 72. The van der Waals surface area contributed by atoms with Crippen molar-refractivity contribution in [3.05, 3.63) is 0 Å². The monoisotopic (exact) mass is 2030 g/mol. The molecule has 802 valence electrons. The Morgan fingerprint density at radius 1 is 0.482 bits per heavy atom. The third-order valence-corrected chi connectivity index (χ3v) is 26.8. The van der Waals surface area contributed by atoms with E-state index in [0.29, 0.717) is 210 Å². The van der Waals surface area contributed by atoms with E-state index in [0.717, 1.165) is 62.6 Å². The van der Waals surface area contributed by atoms with Crippen LogP contribution in [0.25, 0.3) is 0 Å². The molecule has 137 heavy (non-hydrogen) atoms. The molecular weight excluding hydrogens is 1830 g/mol. The maximum absolute atomic E-state index is 13.0. The molecule has 0 heterocycles. The number of urea groups is 1. The highest BCUT2D eigenvalue weighted by Gasteiger charge is 2.44. The van der Waals surface area contributed by atoms with Gasteiger partial charge in [0.1, 0.15) is 24.0 Å². The number of aliphatic imine (C=N–C) groups is 1. The first-order chi connectivity index (χ1) is 65.1. The minimum Gasteiger partial charge on any atom is -0.427 e. The summed E-state index contributed by atoms with van der Waals surface area (Å²) >= 11 is 3.23. The summed E-state index contributed by atoms with van der Waals surface area (Å²) in [6.45, 7) is 60.2. The van der Waals surface area contributed by atoms with Gasteiger partial charge in [0, 0.05) is 142 Å². The molecule has 0 spiro atoms. The van der Waals surface area contributed by atoms with Crippen LogP contribution in [0.1, 0.15) is 289 Å². The van der Waals surface area contributed by atoms with Crippen LogP contribution in [0.4, 0.5) is 4.79 Å². The van der Waals surface area contributed by atoms with Gasteiger partial charge in [-0.1, -0.05) is 105 Å². The van der Waals surface area contributed by atoms with Gasteiger partial charge in [-0.25, -0.2) is 14.6 Å². The summed E-state index contributed by atoms with van der Waals surface area (Å²) in [5, 5.41) is 20.0. The zero-order chi connectivity index (χ0) is 106. The van der Waals surface area contributed by atoms with Crippen LogP contribution < -0.4 is 44.2 Å². The molecule has 0 saturated heterocycles. The highest BCUT2D eigenvalue weighted by atomic mass is 32.2. The lowest BCUT2D eigenvalue weighted by molar-refractivity contribution is -0.139. The Morgan fingerprint density at radius 2 is 0.927 bits per heavy atom. The zero-order valence-corrected chi connectivity index (χ0v) is 92.8. The maximum Gasteiger partial charge on any atom is 0.315 e. The Hall–Kier alpha value is -3.85. The second-order valence-corrected chi connectivity index (χ2v) is 47.8. The van der Waals surface area contributed by atoms with E-state index in [2.05, 4.69) is 102 Å². The topological polar surface area (TPSA) is 462 Å². The molecule has 12 N–H and O–H groups in total. The number of ether oxygens (including phenoxy) is 13.